The molecule has 0 spiro atoms. The van der Waals surface area contributed by atoms with Gasteiger partial charge in [0.2, 0.25) is 15.9 Å². The van der Waals surface area contributed by atoms with Gasteiger partial charge in [-0.05, 0) is 6.42 Å². The van der Waals surface area contributed by atoms with E-state index in [1.54, 1.807) is 6.92 Å². The first-order chi connectivity index (χ1) is 8.77. The third kappa shape index (κ3) is 9.74. The Bertz CT molecular complexity index is 397. The van der Waals surface area contributed by atoms with Crippen LogP contribution in [0, 0.1) is 0 Å². The maximum atomic E-state index is 11.3. The normalized spacial score (nSPS) is 11.5. The number of nitrogens with zero attached hydrogens (tertiary/aromatic N) is 1. The zero-order chi connectivity index (χ0) is 14.9. The van der Waals surface area contributed by atoms with Gasteiger partial charge in [0, 0.05) is 19.6 Å². The first kappa shape index (κ1) is 18.2. The Kier molecular flexibility index (Phi) is 8.77. The second kappa shape index (κ2) is 9.16. The number of carbonyl (C=O) groups excluding carboxylic acids is 1. The van der Waals surface area contributed by atoms with E-state index in [4.69, 9.17) is 5.11 Å². The van der Waals surface area contributed by atoms with E-state index in [-0.39, 0.29) is 17.4 Å². The number of hydrogen-bond acceptors (Lipinski definition) is 5. The number of thioether (sulfide) groups is 1. The van der Waals surface area contributed by atoms with Crippen molar-refractivity contribution in [3.63, 3.8) is 0 Å². The van der Waals surface area contributed by atoms with Gasteiger partial charge in [-0.25, -0.2) is 12.7 Å². The molecule has 112 valence electrons. The Hall–Kier alpha value is -0.800. The van der Waals surface area contributed by atoms with E-state index in [1.165, 1.54) is 4.31 Å². The van der Waals surface area contributed by atoms with Crippen molar-refractivity contribution in [1.82, 2.24) is 9.62 Å². The molecule has 0 aliphatic carbocycles. The molecule has 1 amide bonds. The number of hydrogen-bond donors (Lipinski definition) is 2. The molecule has 0 aromatic rings. The number of aliphatic carboxylic acids is 1. The molecule has 0 aromatic carbocycles. The third-order valence-electron chi connectivity index (χ3n) is 2.19. The molecule has 0 heterocycles. The number of carboxylic acid groups (broad SMARTS) is 1. The van der Waals surface area contributed by atoms with E-state index in [0.29, 0.717) is 26.1 Å². The fourth-order valence-electron chi connectivity index (χ4n) is 1.32. The van der Waals surface area contributed by atoms with Crippen LogP contribution in [0.15, 0.2) is 0 Å². The molecule has 0 rings (SSSR count). The molecule has 2 N–H and O–H groups in total. The van der Waals surface area contributed by atoms with Crippen molar-refractivity contribution in [2.75, 3.05) is 37.4 Å². The summed E-state index contributed by atoms with van der Waals surface area (Å²) >= 11 is 1.02. The van der Waals surface area contributed by atoms with Crippen LogP contribution in [0.2, 0.25) is 0 Å². The summed E-state index contributed by atoms with van der Waals surface area (Å²) in [5.74, 6) is -1.21. The lowest BCUT2D eigenvalue weighted by Gasteiger charge is -2.17. The van der Waals surface area contributed by atoms with E-state index in [0.717, 1.165) is 18.0 Å². The Morgan fingerprint density at radius 2 is 1.95 bits per heavy atom. The van der Waals surface area contributed by atoms with Crippen molar-refractivity contribution in [3.05, 3.63) is 0 Å². The highest BCUT2D eigenvalue weighted by Gasteiger charge is 2.13. The highest BCUT2D eigenvalue weighted by atomic mass is 32.2. The Balaban J connectivity index is 3.74. The fourth-order valence-corrected chi connectivity index (χ4v) is 2.82. The largest absolute Gasteiger partial charge is 0.481 e. The van der Waals surface area contributed by atoms with Gasteiger partial charge in [-0.3, -0.25) is 9.59 Å². The van der Waals surface area contributed by atoms with Crippen molar-refractivity contribution < 1.29 is 23.1 Å². The monoisotopic (exact) mass is 312 g/mol. The van der Waals surface area contributed by atoms with E-state index >= 15 is 0 Å². The molecule has 0 fully saturated rings. The summed E-state index contributed by atoms with van der Waals surface area (Å²) in [6, 6.07) is 0. The van der Waals surface area contributed by atoms with Crippen LogP contribution >= 0.6 is 11.8 Å². The molecule has 7 nitrogen and oxygen atoms in total. The van der Waals surface area contributed by atoms with Crippen LogP contribution < -0.4 is 5.32 Å². The van der Waals surface area contributed by atoms with Gasteiger partial charge >= 0.3 is 5.97 Å². The van der Waals surface area contributed by atoms with Crippen LogP contribution in [0.3, 0.4) is 0 Å². The van der Waals surface area contributed by atoms with Crippen molar-refractivity contribution in [1.29, 1.82) is 0 Å². The average molecular weight is 312 g/mol. The molecule has 0 aromatic heterocycles. The van der Waals surface area contributed by atoms with Gasteiger partial charge in [0.25, 0.3) is 0 Å². The average Bonchev–Trinajstić information content (AvgIpc) is 2.26. The van der Waals surface area contributed by atoms with Gasteiger partial charge in [-0.15, -0.1) is 11.8 Å². The van der Waals surface area contributed by atoms with E-state index < -0.39 is 16.0 Å². The molecule has 0 unspecified atom stereocenters. The Morgan fingerprint density at radius 3 is 2.42 bits per heavy atom. The van der Waals surface area contributed by atoms with Gasteiger partial charge in [0.05, 0.1) is 17.8 Å². The highest BCUT2D eigenvalue weighted by Crippen LogP contribution is 1.99. The number of rotatable bonds is 10. The molecular weight excluding hydrogens is 292 g/mol. The molecule has 0 saturated carbocycles. The first-order valence-electron chi connectivity index (χ1n) is 5.78. The summed E-state index contributed by atoms with van der Waals surface area (Å²) in [7, 11) is -3.19. The van der Waals surface area contributed by atoms with E-state index in [1.807, 2.05) is 0 Å². The maximum absolute atomic E-state index is 11.3. The zero-order valence-electron chi connectivity index (χ0n) is 11.1. The minimum absolute atomic E-state index is 0.0931. The van der Waals surface area contributed by atoms with E-state index in [9.17, 15) is 18.0 Å². The van der Waals surface area contributed by atoms with Gasteiger partial charge in [-0.2, -0.15) is 0 Å². The predicted octanol–water partition coefficient (Wildman–Crippen LogP) is -0.408. The highest BCUT2D eigenvalue weighted by molar-refractivity contribution is 8.00. The van der Waals surface area contributed by atoms with Crippen molar-refractivity contribution in [2.24, 2.45) is 0 Å². The zero-order valence-corrected chi connectivity index (χ0v) is 12.7. The summed E-state index contributed by atoms with van der Waals surface area (Å²) < 4.78 is 23.9. The van der Waals surface area contributed by atoms with Crippen molar-refractivity contribution >= 4 is 33.7 Å². The maximum Gasteiger partial charge on any atom is 0.313 e. The fraction of sp³-hybridized carbons (Fsp3) is 0.800. The van der Waals surface area contributed by atoms with Gasteiger partial charge in [0.1, 0.15) is 0 Å². The molecule has 0 aliphatic heterocycles. The molecule has 9 heteroatoms. The van der Waals surface area contributed by atoms with Gasteiger partial charge < -0.3 is 10.4 Å². The lowest BCUT2D eigenvalue weighted by Crippen LogP contribution is -2.34. The molecule has 0 bridgehead atoms. The molecule has 0 atom stereocenters. The number of sulfonamides is 1. The minimum Gasteiger partial charge on any atom is -0.481 e. The van der Waals surface area contributed by atoms with Gasteiger partial charge in [0.15, 0.2) is 0 Å². The summed E-state index contributed by atoms with van der Waals surface area (Å²) in [6.07, 6.45) is 1.67. The SMILES string of the molecule is CCN(CCCNC(=O)CSCC(=O)O)S(C)(=O)=O. The molecule has 0 radical (unpaired) electrons. The second-order valence-electron chi connectivity index (χ2n) is 3.84. The number of nitrogens with one attached hydrogen (secondary N) is 1. The minimum atomic E-state index is -3.19. The summed E-state index contributed by atoms with van der Waals surface area (Å²) in [4.78, 5) is 21.5. The van der Waals surface area contributed by atoms with Crippen LogP contribution in [-0.2, 0) is 19.6 Å². The Labute approximate surface area is 117 Å². The summed E-state index contributed by atoms with van der Waals surface area (Å²) in [5.41, 5.74) is 0. The van der Waals surface area contributed by atoms with Crippen molar-refractivity contribution in [2.45, 2.75) is 13.3 Å². The molecular formula is C10H20N2O5S2. The van der Waals surface area contributed by atoms with Crippen LogP contribution in [0.5, 0.6) is 0 Å². The lowest BCUT2D eigenvalue weighted by molar-refractivity contribution is -0.133. The quantitative estimate of drug-likeness (QED) is 0.532. The standard InChI is InChI=1S/C10H20N2O5S2/c1-3-12(19(2,16)17)6-4-5-11-9(13)7-18-8-10(14)15/h3-8H2,1-2H3,(H,11,13)(H,14,15). The molecule has 19 heavy (non-hydrogen) atoms. The van der Waals surface area contributed by atoms with Crippen molar-refractivity contribution in [3.8, 4) is 0 Å². The number of carboxylic acids is 1. The van der Waals surface area contributed by atoms with E-state index in [2.05, 4.69) is 5.32 Å². The summed E-state index contributed by atoms with van der Waals surface area (Å²) in [6.45, 7) is 2.89. The summed E-state index contributed by atoms with van der Waals surface area (Å²) in [5, 5.41) is 11.0. The van der Waals surface area contributed by atoms with Crippen LogP contribution in [0.4, 0.5) is 0 Å². The predicted molar refractivity (Wildman–Crippen MR) is 74.7 cm³/mol. The van der Waals surface area contributed by atoms with Crippen LogP contribution in [0.1, 0.15) is 13.3 Å². The molecule has 0 aliphatic rings. The smallest absolute Gasteiger partial charge is 0.313 e. The topological polar surface area (TPSA) is 104 Å². The van der Waals surface area contributed by atoms with Gasteiger partial charge in [-0.1, -0.05) is 6.92 Å². The lowest BCUT2D eigenvalue weighted by atomic mass is 10.4. The number of carbonyl (C=O) groups is 2. The van der Waals surface area contributed by atoms with Crippen LogP contribution in [-0.4, -0.2) is 67.1 Å². The Morgan fingerprint density at radius 1 is 1.32 bits per heavy atom. The molecule has 0 saturated heterocycles. The second-order valence-corrected chi connectivity index (χ2v) is 6.81. The first-order valence-corrected chi connectivity index (χ1v) is 8.79. The van der Waals surface area contributed by atoms with Crippen LogP contribution in [0.25, 0.3) is 0 Å². The number of amides is 1. The third-order valence-corrected chi connectivity index (χ3v) is 4.48.